The monoisotopic (exact) mass is 364 g/mol. The summed E-state index contributed by atoms with van der Waals surface area (Å²) in [5.74, 6) is -0.570. The summed E-state index contributed by atoms with van der Waals surface area (Å²) in [5, 5.41) is 3.60. The fraction of sp³-hybridized carbons (Fsp3) is 0.222. The number of hydrogen-bond donors (Lipinski definition) is 1. The fourth-order valence-electron chi connectivity index (χ4n) is 2.20. The molecule has 126 valence electrons. The Morgan fingerprint density at radius 1 is 1.08 bits per heavy atom. The third-order valence-electron chi connectivity index (χ3n) is 3.85. The first kappa shape index (κ1) is 18.3. The maximum Gasteiger partial charge on any atom is 0.253 e. The maximum absolute atomic E-state index is 12.3. The first-order valence-corrected chi connectivity index (χ1v) is 8.19. The summed E-state index contributed by atoms with van der Waals surface area (Å²) in [6, 6.07) is 13.9. The van der Waals surface area contributed by atoms with E-state index < -0.39 is 0 Å². The molecule has 1 unspecified atom stereocenters. The van der Waals surface area contributed by atoms with Gasteiger partial charge in [-0.25, -0.2) is 0 Å². The van der Waals surface area contributed by atoms with E-state index in [1.165, 1.54) is 0 Å². The minimum atomic E-state index is -0.374. The van der Waals surface area contributed by atoms with Crippen LogP contribution in [0.1, 0.15) is 28.9 Å². The minimum Gasteiger partial charge on any atom is -0.343 e. The number of benzene rings is 2. The molecular weight excluding hydrogens is 347 g/mol. The van der Waals surface area contributed by atoms with E-state index in [4.69, 9.17) is 23.2 Å². The van der Waals surface area contributed by atoms with Gasteiger partial charge in [-0.1, -0.05) is 47.5 Å². The summed E-state index contributed by atoms with van der Waals surface area (Å²) in [4.78, 5) is 26.0. The molecule has 2 aromatic carbocycles. The zero-order chi connectivity index (χ0) is 17.7. The first-order chi connectivity index (χ1) is 11.4. The summed E-state index contributed by atoms with van der Waals surface area (Å²) in [5.41, 5.74) is 1.31. The highest BCUT2D eigenvalue weighted by molar-refractivity contribution is 6.33. The van der Waals surface area contributed by atoms with E-state index >= 15 is 0 Å². The van der Waals surface area contributed by atoms with Crippen molar-refractivity contribution in [2.24, 2.45) is 0 Å². The van der Waals surface area contributed by atoms with E-state index in [1.807, 2.05) is 19.1 Å². The number of likely N-dealkylation sites (N-methyl/N-ethyl adjacent to an activating group) is 1. The first-order valence-electron chi connectivity index (χ1n) is 7.44. The molecule has 0 saturated heterocycles. The SMILES string of the molecule is CC(c1ccc(Cl)cc1)N(C)C(=O)CNC(=O)c1ccccc1Cl. The van der Waals surface area contributed by atoms with Crippen LogP contribution in [0.15, 0.2) is 48.5 Å². The lowest BCUT2D eigenvalue weighted by Crippen LogP contribution is -2.39. The zero-order valence-electron chi connectivity index (χ0n) is 13.4. The Morgan fingerprint density at radius 2 is 1.71 bits per heavy atom. The summed E-state index contributed by atoms with van der Waals surface area (Å²) in [6.45, 7) is 1.81. The van der Waals surface area contributed by atoms with Crippen LogP contribution in [-0.4, -0.2) is 30.3 Å². The second-order valence-electron chi connectivity index (χ2n) is 5.39. The Bertz CT molecular complexity index is 732. The molecule has 0 aliphatic rings. The van der Waals surface area contributed by atoms with Crippen molar-refractivity contribution in [3.8, 4) is 0 Å². The van der Waals surface area contributed by atoms with Crippen molar-refractivity contribution in [1.82, 2.24) is 10.2 Å². The number of rotatable bonds is 5. The van der Waals surface area contributed by atoms with Crippen molar-refractivity contribution in [3.63, 3.8) is 0 Å². The van der Waals surface area contributed by atoms with Crippen LogP contribution in [0.2, 0.25) is 10.0 Å². The Kier molecular flexibility index (Phi) is 6.23. The lowest BCUT2D eigenvalue weighted by atomic mass is 10.1. The molecule has 0 saturated carbocycles. The largest absolute Gasteiger partial charge is 0.343 e. The molecule has 0 aromatic heterocycles. The molecule has 6 heteroatoms. The highest BCUT2D eigenvalue weighted by Crippen LogP contribution is 2.21. The summed E-state index contributed by atoms with van der Waals surface area (Å²) < 4.78 is 0. The summed E-state index contributed by atoms with van der Waals surface area (Å²) >= 11 is 11.8. The van der Waals surface area contributed by atoms with Gasteiger partial charge in [0.15, 0.2) is 0 Å². The predicted octanol–water partition coefficient (Wildman–Crippen LogP) is 3.94. The lowest BCUT2D eigenvalue weighted by molar-refractivity contribution is -0.130. The molecule has 1 atom stereocenters. The Labute approximate surface area is 151 Å². The van der Waals surface area contributed by atoms with Crippen LogP contribution >= 0.6 is 23.2 Å². The number of carbonyl (C=O) groups excluding carboxylic acids is 2. The van der Waals surface area contributed by atoms with Crippen LogP contribution in [0.5, 0.6) is 0 Å². The van der Waals surface area contributed by atoms with Crippen molar-refractivity contribution in [2.45, 2.75) is 13.0 Å². The Balaban J connectivity index is 1.95. The molecule has 4 nitrogen and oxygen atoms in total. The van der Waals surface area contributed by atoms with Crippen molar-refractivity contribution >= 4 is 35.0 Å². The number of amides is 2. The number of hydrogen-bond acceptors (Lipinski definition) is 2. The second-order valence-corrected chi connectivity index (χ2v) is 6.24. The van der Waals surface area contributed by atoms with Crippen molar-refractivity contribution in [1.29, 1.82) is 0 Å². The third kappa shape index (κ3) is 4.49. The van der Waals surface area contributed by atoms with Crippen LogP contribution in [0.25, 0.3) is 0 Å². The molecule has 0 spiro atoms. The quantitative estimate of drug-likeness (QED) is 0.873. The highest BCUT2D eigenvalue weighted by Gasteiger charge is 2.18. The normalized spacial score (nSPS) is 11.7. The molecule has 1 N–H and O–H groups in total. The number of nitrogens with zero attached hydrogens (tertiary/aromatic N) is 1. The molecule has 0 aliphatic heterocycles. The molecule has 0 fully saturated rings. The van der Waals surface area contributed by atoms with E-state index in [0.717, 1.165) is 5.56 Å². The highest BCUT2D eigenvalue weighted by atomic mass is 35.5. The molecule has 0 heterocycles. The van der Waals surface area contributed by atoms with Gasteiger partial charge in [0.1, 0.15) is 0 Å². The lowest BCUT2D eigenvalue weighted by Gasteiger charge is -2.25. The molecule has 0 aliphatic carbocycles. The van der Waals surface area contributed by atoms with Gasteiger partial charge in [0, 0.05) is 12.1 Å². The van der Waals surface area contributed by atoms with Gasteiger partial charge in [-0.2, -0.15) is 0 Å². The van der Waals surface area contributed by atoms with Gasteiger partial charge in [0.05, 0.1) is 23.2 Å². The van der Waals surface area contributed by atoms with Crippen LogP contribution in [0.3, 0.4) is 0 Å². The predicted molar refractivity (Wildman–Crippen MR) is 96.4 cm³/mol. The number of carbonyl (C=O) groups is 2. The van der Waals surface area contributed by atoms with Gasteiger partial charge < -0.3 is 10.2 Å². The smallest absolute Gasteiger partial charge is 0.253 e. The molecule has 0 bridgehead atoms. The Hall–Kier alpha value is -2.04. The standard InChI is InChI=1S/C18H18Cl2N2O2/c1-12(13-7-9-14(19)10-8-13)22(2)17(23)11-21-18(24)15-5-3-4-6-16(15)20/h3-10,12H,11H2,1-2H3,(H,21,24). The van der Waals surface area contributed by atoms with Gasteiger partial charge in [-0.15, -0.1) is 0 Å². The molecular formula is C18H18Cl2N2O2. The van der Waals surface area contributed by atoms with Gasteiger partial charge >= 0.3 is 0 Å². The van der Waals surface area contributed by atoms with E-state index in [1.54, 1.807) is 48.3 Å². The van der Waals surface area contributed by atoms with Crippen LogP contribution in [-0.2, 0) is 4.79 Å². The molecule has 24 heavy (non-hydrogen) atoms. The van der Waals surface area contributed by atoms with Crippen molar-refractivity contribution in [2.75, 3.05) is 13.6 Å². The van der Waals surface area contributed by atoms with Crippen LogP contribution < -0.4 is 5.32 Å². The van der Waals surface area contributed by atoms with Crippen LogP contribution in [0, 0.1) is 0 Å². The van der Waals surface area contributed by atoms with E-state index in [9.17, 15) is 9.59 Å². The minimum absolute atomic E-state index is 0.0987. The maximum atomic E-state index is 12.3. The third-order valence-corrected chi connectivity index (χ3v) is 4.43. The van der Waals surface area contributed by atoms with Crippen molar-refractivity contribution in [3.05, 3.63) is 69.7 Å². The van der Waals surface area contributed by atoms with Gasteiger partial charge in [-0.3, -0.25) is 9.59 Å². The van der Waals surface area contributed by atoms with Crippen molar-refractivity contribution < 1.29 is 9.59 Å². The zero-order valence-corrected chi connectivity index (χ0v) is 14.9. The van der Waals surface area contributed by atoms with Gasteiger partial charge in [-0.05, 0) is 36.8 Å². The summed E-state index contributed by atoms with van der Waals surface area (Å²) in [6.07, 6.45) is 0. The molecule has 2 aromatic rings. The van der Waals surface area contributed by atoms with Gasteiger partial charge in [0.2, 0.25) is 5.91 Å². The van der Waals surface area contributed by atoms with E-state index in [-0.39, 0.29) is 24.4 Å². The number of nitrogens with one attached hydrogen (secondary N) is 1. The second kappa shape index (κ2) is 8.18. The fourth-order valence-corrected chi connectivity index (χ4v) is 2.55. The van der Waals surface area contributed by atoms with E-state index in [2.05, 4.69) is 5.32 Å². The van der Waals surface area contributed by atoms with Crippen LogP contribution in [0.4, 0.5) is 0 Å². The average Bonchev–Trinajstić information content (AvgIpc) is 2.59. The average molecular weight is 365 g/mol. The Morgan fingerprint density at radius 3 is 2.33 bits per heavy atom. The summed E-state index contributed by atoms with van der Waals surface area (Å²) in [7, 11) is 1.70. The van der Waals surface area contributed by atoms with E-state index in [0.29, 0.717) is 15.6 Å². The number of halogens is 2. The molecule has 0 radical (unpaired) electrons. The molecule has 2 rings (SSSR count). The topological polar surface area (TPSA) is 49.4 Å². The molecule has 2 amide bonds. The van der Waals surface area contributed by atoms with Gasteiger partial charge in [0.25, 0.3) is 5.91 Å².